The molecule has 0 aliphatic carbocycles. The van der Waals surface area contributed by atoms with Gasteiger partial charge in [-0.25, -0.2) is 9.48 Å². The van der Waals surface area contributed by atoms with Gasteiger partial charge in [-0.3, -0.25) is 9.59 Å². The van der Waals surface area contributed by atoms with Crippen molar-refractivity contribution < 1.29 is 19.1 Å². The average molecular weight is 630 g/mol. The van der Waals surface area contributed by atoms with E-state index in [1.54, 1.807) is 39.0 Å². The summed E-state index contributed by atoms with van der Waals surface area (Å²) in [6.45, 7) is 10.8. The van der Waals surface area contributed by atoms with Gasteiger partial charge in [0.15, 0.2) is 0 Å². The van der Waals surface area contributed by atoms with Gasteiger partial charge in [-0.05, 0) is 83.0 Å². The molecule has 0 aliphatic heterocycles. The Labute approximate surface area is 269 Å². The highest BCUT2D eigenvalue weighted by Crippen LogP contribution is 2.22. The number of halogens is 1. The fourth-order valence-corrected chi connectivity index (χ4v) is 4.76. The minimum absolute atomic E-state index is 0.183. The molecule has 0 spiro atoms. The zero-order valence-electron chi connectivity index (χ0n) is 26.6. The second kappa shape index (κ2) is 14.1. The maximum atomic E-state index is 13.6. The van der Waals surface area contributed by atoms with Crippen molar-refractivity contribution >= 4 is 23.5 Å². The van der Waals surface area contributed by atoms with Crippen LogP contribution >= 0.6 is 11.6 Å². The van der Waals surface area contributed by atoms with Crippen molar-refractivity contribution in [3.63, 3.8) is 0 Å². The second-order valence-corrected chi connectivity index (χ2v) is 13.3. The number of nitrogens with one attached hydrogen (secondary N) is 1. The van der Waals surface area contributed by atoms with Crippen LogP contribution in [0.5, 0.6) is 5.75 Å². The third kappa shape index (κ3) is 10.3. The number of amides is 1. The van der Waals surface area contributed by atoms with Gasteiger partial charge in [0.05, 0.1) is 5.69 Å². The van der Waals surface area contributed by atoms with Crippen LogP contribution in [0.4, 0.5) is 0 Å². The summed E-state index contributed by atoms with van der Waals surface area (Å²) in [4.78, 5) is 40.3. The van der Waals surface area contributed by atoms with E-state index < -0.39 is 29.1 Å². The molecular formula is C36H40ClN3O5. The highest BCUT2D eigenvalue weighted by atomic mass is 35.5. The minimum Gasteiger partial charge on any atom is -0.488 e. The molecule has 0 radical (unpaired) electrons. The third-order valence-electron chi connectivity index (χ3n) is 6.53. The summed E-state index contributed by atoms with van der Waals surface area (Å²) in [5.74, 6) is -0.431. The van der Waals surface area contributed by atoms with Crippen LogP contribution in [-0.4, -0.2) is 38.9 Å². The largest absolute Gasteiger partial charge is 0.488 e. The van der Waals surface area contributed by atoms with Crippen LogP contribution in [0, 0.1) is 0 Å². The van der Waals surface area contributed by atoms with Crippen molar-refractivity contribution in [3.8, 4) is 17.0 Å². The number of hydrogen-bond acceptors (Lipinski definition) is 6. The van der Waals surface area contributed by atoms with E-state index in [1.165, 1.54) is 0 Å². The second-order valence-electron chi connectivity index (χ2n) is 12.9. The first-order valence-corrected chi connectivity index (χ1v) is 15.2. The first-order valence-electron chi connectivity index (χ1n) is 14.9. The van der Waals surface area contributed by atoms with Crippen LogP contribution in [-0.2, 0) is 33.7 Å². The molecule has 1 N–H and O–H groups in total. The molecule has 45 heavy (non-hydrogen) atoms. The van der Waals surface area contributed by atoms with E-state index in [0.717, 1.165) is 21.4 Å². The standard InChI is InChI=1S/C36H40ClN3O5/c1-35(2,3)44-29-18-12-25(13-19-29)21-31(34(43)45-36(4,5)6)38-32(41)23-40-33(42)27(20-24-10-8-7-9-11-24)22-30(39-40)26-14-16-28(37)17-15-26/h7-19,22,31H,20-21,23H2,1-6H3,(H,38,41)/t31-/m0/s1. The van der Waals surface area contributed by atoms with Crippen LogP contribution < -0.4 is 15.6 Å². The van der Waals surface area contributed by atoms with Crippen LogP contribution in [0.25, 0.3) is 11.3 Å². The van der Waals surface area contributed by atoms with E-state index in [4.69, 9.17) is 21.1 Å². The van der Waals surface area contributed by atoms with E-state index in [0.29, 0.717) is 28.5 Å². The summed E-state index contributed by atoms with van der Waals surface area (Å²) < 4.78 is 12.7. The van der Waals surface area contributed by atoms with Crippen LogP contribution in [0.2, 0.25) is 5.02 Å². The highest BCUT2D eigenvalue weighted by molar-refractivity contribution is 6.30. The van der Waals surface area contributed by atoms with Gasteiger partial charge in [-0.2, -0.15) is 5.10 Å². The van der Waals surface area contributed by atoms with Crippen LogP contribution in [0.3, 0.4) is 0 Å². The third-order valence-corrected chi connectivity index (χ3v) is 6.78. The summed E-state index contributed by atoms with van der Waals surface area (Å²) >= 11 is 6.10. The number of rotatable bonds is 10. The Bertz CT molecular complexity index is 1670. The van der Waals surface area contributed by atoms with Gasteiger partial charge in [-0.15, -0.1) is 0 Å². The van der Waals surface area contributed by atoms with E-state index >= 15 is 0 Å². The molecule has 236 valence electrons. The molecule has 4 aromatic rings. The fourth-order valence-electron chi connectivity index (χ4n) is 4.63. The molecule has 1 heterocycles. The maximum absolute atomic E-state index is 13.6. The Kier molecular flexibility index (Phi) is 10.5. The summed E-state index contributed by atoms with van der Waals surface area (Å²) in [6, 6.07) is 24.8. The molecule has 0 unspecified atom stereocenters. The van der Waals surface area contributed by atoms with Crippen LogP contribution in [0.1, 0.15) is 58.2 Å². The lowest BCUT2D eigenvalue weighted by Crippen LogP contribution is -2.47. The monoisotopic (exact) mass is 629 g/mol. The lowest BCUT2D eigenvalue weighted by molar-refractivity contribution is -0.158. The first kappa shape index (κ1) is 33.5. The van der Waals surface area contributed by atoms with Gasteiger partial charge in [0.2, 0.25) is 5.91 Å². The lowest BCUT2D eigenvalue weighted by atomic mass is 10.0. The number of ether oxygens (including phenoxy) is 2. The molecule has 1 atom stereocenters. The summed E-state index contributed by atoms with van der Waals surface area (Å²) in [5.41, 5.74) is 1.99. The predicted octanol–water partition coefficient (Wildman–Crippen LogP) is 6.40. The summed E-state index contributed by atoms with van der Waals surface area (Å²) in [6.07, 6.45) is 0.544. The highest BCUT2D eigenvalue weighted by Gasteiger charge is 2.28. The quantitative estimate of drug-likeness (QED) is 0.204. The van der Waals surface area contributed by atoms with Gasteiger partial charge in [0.25, 0.3) is 5.56 Å². The summed E-state index contributed by atoms with van der Waals surface area (Å²) in [5, 5.41) is 7.88. The molecule has 9 heteroatoms. The predicted molar refractivity (Wildman–Crippen MR) is 176 cm³/mol. The molecule has 4 rings (SSSR count). The Hall–Kier alpha value is -4.43. The zero-order chi connectivity index (χ0) is 32.8. The maximum Gasteiger partial charge on any atom is 0.329 e. The average Bonchev–Trinajstić information content (AvgIpc) is 2.95. The van der Waals surface area contributed by atoms with Gasteiger partial charge in [0, 0.05) is 29.0 Å². The number of carbonyl (C=O) groups excluding carboxylic acids is 2. The molecule has 0 aliphatic rings. The van der Waals surface area contributed by atoms with Crippen molar-refractivity contribution in [1.29, 1.82) is 0 Å². The Morgan fingerprint density at radius 1 is 0.867 bits per heavy atom. The van der Waals surface area contributed by atoms with Crippen molar-refractivity contribution in [2.45, 2.75) is 78.2 Å². The van der Waals surface area contributed by atoms with Crippen molar-refractivity contribution in [1.82, 2.24) is 15.1 Å². The molecule has 1 aromatic heterocycles. The smallest absolute Gasteiger partial charge is 0.329 e. The minimum atomic E-state index is -0.995. The van der Waals surface area contributed by atoms with Gasteiger partial charge in [-0.1, -0.05) is 66.2 Å². The normalized spacial score (nSPS) is 12.3. The number of hydrogen-bond donors (Lipinski definition) is 1. The molecule has 3 aromatic carbocycles. The topological polar surface area (TPSA) is 99.5 Å². The summed E-state index contributed by atoms with van der Waals surface area (Å²) in [7, 11) is 0. The van der Waals surface area contributed by atoms with Crippen molar-refractivity contribution in [2.24, 2.45) is 0 Å². The number of esters is 1. The first-order chi connectivity index (χ1) is 21.1. The molecule has 0 bridgehead atoms. The van der Waals surface area contributed by atoms with Gasteiger partial charge in [0.1, 0.15) is 29.5 Å². The molecule has 0 saturated carbocycles. The van der Waals surface area contributed by atoms with E-state index in [1.807, 2.05) is 87.5 Å². The zero-order valence-corrected chi connectivity index (χ0v) is 27.4. The van der Waals surface area contributed by atoms with E-state index in [2.05, 4.69) is 10.4 Å². The van der Waals surface area contributed by atoms with E-state index in [-0.39, 0.29) is 18.6 Å². The molecular weight excluding hydrogens is 590 g/mol. The van der Waals surface area contributed by atoms with Crippen molar-refractivity contribution in [2.75, 3.05) is 0 Å². The number of benzene rings is 3. The molecule has 8 nitrogen and oxygen atoms in total. The number of aromatic nitrogens is 2. The molecule has 0 saturated heterocycles. The Balaban J connectivity index is 1.61. The van der Waals surface area contributed by atoms with E-state index in [9.17, 15) is 14.4 Å². The van der Waals surface area contributed by atoms with Crippen LogP contribution in [0.15, 0.2) is 89.7 Å². The SMILES string of the molecule is CC(C)(C)OC(=O)[C@H](Cc1ccc(OC(C)(C)C)cc1)NC(=O)Cn1nc(-c2ccc(Cl)cc2)cc(Cc2ccccc2)c1=O. The van der Waals surface area contributed by atoms with Crippen molar-refractivity contribution in [3.05, 3.63) is 117 Å². The van der Waals surface area contributed by atoms with Gasteiger partial charge >= 0.3 is 5.97 Å². The molecule has 1 amide bonds. The lowest BCUT2D eigenvalue weighted by Gasteiger charge is -2.25. The van der Waals surface area contributed by atoms with Gasteiger partial charge < -0.3 is 14.8 Å². The molecule has 0 fully saturated rings. The Morgan fingerprint density at radius 2 is 1.51 bits per heavy atom. The fraction of sp³-hybridized carbons (Fsp3) is 0.333. The Morgan fingerprint density at radius 3 is 2.11 bits per heavy atom. The number of carbonyl (C=O) groups is 2. The number of nitrogens with zero attached hydrogens (tertiary/aromatic N) is 2.